The fraction of sp³-hybridized carbons (Fsp3) is 0.207. The highest BCUT2D eigenvalue weighted by Crippen LogP contribution is 2.36. The Kier molecular flexibility index (Phi) is 6.17. The molecule has 3 aromatic heterocycles. The second-order valence-corrected chi connectivity index (χ2v) is 9.98. The minimum atomic E-state index is -0.779. The summed E-state index contributed by atoms with van der Waals surface area (Å²) < 4.78 is 22.1. The first-order valence-electron chi connectivity index (χ1n) is 12.8. The van der Waals surface area contributed by atoms with Gasteiger partial charge < -0.3 is 20.2 Å². The number of amides is 2. The molecule has 6 rings (SSSR count). The zero-order valence-electron chi connectivity index (χ0n) is 22.2. The Morgan fingerprint density at radius 2 is 2.02 bits per heavy atom. The summed E-state index contributed by atoms with van der Waals surface area (Å²) in [5.74, 6) is -2.46. The van der Waals surface area contributed by atoms with E-state index in [0.29, 0.717) is 35.1 Å². The molecule has 41 heavy (non-hydrogen) atoms. The lowest BCUT2D eigenvalue weighted by Crippen LogP contribution is -2.30. The van der Waals surface area contributed by atoms with Gasteiger partial charge in [0.15, 0.2) is 17.0 Å². The molecule has 0 unspecified atom stereocenters. The van der Waals surface area contributed by atoms with E-state index in [1.54, 1.807) is 31.3 Å². The molecule has 3 N–H and O–H groups in total. The van der Waals surface area contributed by atoms with Gasteiger partial charge in [-0.25, -0.2) is 18.7 Å². The van der Waals surface area contributed by atoms with Gasteiger partial charge in [0.1, 0.15) is 17.1 Å². The van der Waals surface area contributed by atoms with Crippen LogP contribution in [0.5, 0.6) is 0 Å². The first-order valence-corrected chi connectivity index (χ1v) is 12.8. The number of rotatable bonds is 6. The molecule has 0 fully saturated rings. The van der Waals surface area contributed by atoms with Crippen molar-refractivity contribution in [3.8, 4) is 0 Å². The molecule has 2 aromatic carbocycles. The van der Waals surface area contributed by atoms with E-state index in [-0.39, 0.29) is 35.4 Å². The van der Waals surface area contributed by atoms with Crippen molar-refractivity contribution in [1.82, 2.24) is 29.8 Å². The van der Waals surface area contributed by atoms with Gasteiger partial charge in [-0.3, -0.25) is 14.2 Å². The standard InChI is InChI=1S/C29H25FN6O5/c1-14-17(15(2)37)5-6-19-18(14)7-8-21(19)34-28(39)24-11-22(33-26-20(30)13-32-36(24)26)27(38)31-12-16-4-9-25-23(10-16)35(3)29(40)41-25/h4-6,9-11,13,21,37H,2,7-8,12H2,1,3H3,(H,31,38)(H,34,39)/t21-/m0/s1. The second-order valence-electron chi connectivity index (χ2n) is 9.98. The Bertz CT molecular complexity index is 1970. The molecule has 0 saturated carbocycles. The SMILES string of the molecule is C=C(O)c1ccc2c(c1C)CC[C@@H]2NC(=O)c1cc(C(=O)NCc2ccc3oc(=O)n(C)c3c2)nc2c(F)cnn12. The summed E-state index contributed by atoms with van der Waals surface area (Å²) in [6, 6.07) is 9.62. The first-order chi connectivity index (χ1) is 19.6. The van der Waals surface area contributed by atoms with Gasteiger partial charge in [0.05, 0.1) is 17.8 Å². The minimum Gasteiger partial charge on any atom is -0.508 e. The van der Waals surface area contributed by atoms with E-state index in [1.807, 2.05) is 13.0 Å². The second kappa shape index (κ2) is 9.73. The fourth-order valence-corrected chi connectivity index (χ4v) is 5.34. The van der Waals surface area contributed by atoms with Crippen LogP contribution in [0.15, 0.2) is 58.4 Å². The number of carbonyl (C=O) groups excluding carboxylic acids is 2. The van der Waals surface area contributed by atoms with Crippen molar-refractivity contribution in [2.75, 3.05) is 0 Å². The highest BCUT2D eigenvalue weighted by Gasteiger charge is 2.28. The zero-order valence-corrected chi connectivity index (χ0v) is 22.2. The van der Waals surface area contributed by atoms with Crippen LogP contribution >= 0.6 is 0 Å². The van der Waals surface area contributed by atoms with Gasteiger partial charge >= 0.3 is 5.76 Å². The van der Waals surface area contributed by atoms with E-state index >= 15 is 0 Å². The quantitative estimate of drug-likeness (QED) is 0.272. The van der Waals surface area contributed by atoms with Crippen molar-refractivity contribution in [1.29, 1.82) is 0 Å². The predicted octanol–water partition coefficient (Wildman–Crippen LogP) is 3.50. The fourth-order valence-electron chi connectivity index (χ4n) is 5.34. The number of nitrogens with one attached hydrogen (secondary N) is 2. The maximum absolute atomic E-state index is 14.5. The molecule has 5 aromatic rings. The Morgan fingerprint density at radius 3 is 2.80 bits per heavy atom. The normalized spacial score (nSPS) is 14.4. The summed E-state index contributed by atoms with van der Waals surface area (Å²) in [6.45, 7) is 5.60. The lowest BCUT2D eigenvalue weighted by atomic mass is 9.97. The molecular formula is C29H25FN6O5. The molecule has 0 aliphatic heterocycles. The van der Waals surface area contributed by atoms with Crippen LogP contribution in [0.1, 0.15) is 61.3 Å². The Balaban J connectivity index is 1.26. The van der Waals surface area contributed by atoms with Gasteiger partial charge in [-0.1, -0.05) is 24.8 Å². The highest BCUT2D eigenvalue weighted by molar-refractivity contribution is 5.98. The molecule has 3 heterocycles. The molecule has 11 nitrogen and oxygen atoms in total. The lowest BCUT2D eigenvalue weighted by molar-refractivity contribution is 0.0929. The lowest BCUT2D eigenvalue weighted by Gasteiger charge is -2.16. The van der Waals surface area contributed by atoms with Crippen LogP contribution in [0, 0.1) is 12.7 Å². The largest absolute Gasteiger partial charge is 0.508 e. The Morgan fingerprint density at radius 1 is 1.22 bits per heavy atom. The van der Waals surface area contributed by atoms with E-state index in [9.17, 15) is 23.9 Å². The minimum absolute atomic E-state index is 0.0175. The number of hydrogen-bond donors (Lipinski definition) is 3. The molecule has 12 heteroatoms. The maximum atomic E-state index is 14.5. The summed E-state index contributed by atoms with van der Waals surface area (Å²) in [6.07, 6.45) is 2.26. The third-order valence-electron chi connectivity index (χ3n) is 7.51. The number of fused-ring (bicyclic) bond motifs is 3. The molecule has 1 aliphatic carbocycles. The average Bonchev–Trinajstić information content (AvgIpc) is 3.62. The van der Waals surface area contributed by atoms with Crippen molar-refractivity contribution >= 4 is 34.3 Å². The molecule has 0 spiro atoms. The number of benzene rings is 2. The van der Waals surface area contributed by atoms with E-state index in [4.69, 9.17) is 4.42 Å². The van der Waals surface area contributed by atoms with Crippen LogP contribution in [0.25, 0.3) is 22.5 Å². The van der Waals surface area contributed by atoms with Crippen LogP contribution in [-0.2, 0) is 20.0 Å². The van der Waals surface area contributed by atoms with E-state index in [0.717, 1.165) is 27.4 Å². The smallest absolute Gasteiger partial charge is 0.419 e. The number of hydrogen-bond acceptors (Lipinski definition) is 7. The van der Waals surface area contributed by atoms with Crippen LogP contribution in [0.2, 0.25) is 0 Å². The molecule has 0 saturated heterocycles. The summed E-state index contributed by atoms with van der Waals surface area (Å²) in [4.78, 5) is 42.4. The predicted molar refractivity (Wildman–Crippen MR) is 147 cm³/mol. The Labute approximate surface area is 231 Å². The van der Waals surface area contributed by atoms with E-state index < -0.39 is 23.4 Å². The van der Waals surface area contributed by atoms with Crippen molar-refractivity contribution in [3.63, 3.8) is 0 Å². The molecule has 2 amide bonds. The number of halogens is 1. The number of aliphatic hydroxyl groups excluding tert-OH is 1. The van der Waals surface area contributed by atoms with Crippen LogP contribution < -0.4 is 16.4 Å². The van der Waals surface area contributed by atoms with Gasteiger partial charge in [0, 0.05) is 25.2 Å². The molecular weight excluding hydrogens is 531 g/mol. The third-order valence-corrected chi connectivity index (χ3v) is 7.51. The van der Waals surface area contributed by atoms with Gasteiger partial charge in [0.25, 0.3) is 11.8 Å². The number of aromatic nitrogens is 4. The van der Waals surface area contributed by atoms with Crippen molar-refractivity contribution < 1.29 is 23.5 Å². The topological polar surface area (TPSA) is 144 Å². The molecule has 1 aliphatic rings. The number of aryl methyl sites for hydroxylation is 1. The zero-order chi connectivity index (χ0) is 29.0. The molecule has 208 valence electrons. The number of carbonyl (C=O) groups is 2. The molecule has 0 bridgehead atoms. The Hall–Kier alpha value is -5.26. The molecule has 0 radical (unpaired) electrons. The third kappa shape index (κ3) is 4.42. The van der Waals surface area contributed by atoms with Crippen molar-refractivity contribution in [3.05, 3.63) is 105 Å². The van der Waals surface area contributed by atoms with E-state index in [2.05, 4.69) is 27.3 Å². The summed E-state index contributed by atoms with van der Waals surface area (Å²) in [5.41, 5.74) is 4.73. The highest BCUT2D eigenvalue weighted by atomic mass is 19.1. The number of nitrogens with zero attached hydrogens (tertiary/aromatic N) is 4. The first kappa shape index (κ1) is 26.0. The molecule has 1 atom stereocenters. The summed E-state index contributed by atoms with van der Waals surface area (Å²) in [7, 11) is 1.58. The van der Waals surface area contributed by atoms with Crippen LogP contribution in [0.3, 0.4) is 0 Å². The van der Waals surface area contributed by atoms with Gasteiger partial charge in [-0.15, -0.1) is 0 Å². The average molecular weight is 557 g/mol. The van der Waals surface area contributed by atoms with Gasteiger partial charge in [0.2, 0.25) is 0 Å². The maximum Gasteiger partial charge on any atom is 0.419 e. The van der Waals surface area contributed by atoms with Crippen molar-refractivity contribution in [2.45, 2.75) is 32.4 Å². The van der Waals surface area contributed by atoms with Gasteiger partial charge in [-0.2, -0.15) is 5.10 Å². The van der Waals surface area contributed by atoms with Crippen LogP contribution in [0.4, 0.5) is 4.39 Å². The van der Waals surface area contributed by atoms with Crippen LogP contribution in [-0.4, -0.2) is 36.1 Å². The summed E-state index contributed by atoms with van der Waals surface area (Å²) >= 11 is 0. The number of aliphatic hydroxyl groups is 1. The number of oxazole rings is 1. The monoisotopic (exact) mass is 556 g/mol. The summed E-state index contributed by atoms with van der Waals surface area (Å²) in [5, 5.41) is 19.5. The van der Waals surface area contributed by atoms with Gasteiger partial charge in [-0.05, 0) is 54.2 Å². The van der Waals surface area contributed by atoms with Crippen molar-refractivity contribution in [2.24, 2.45) is 7.05 Å². The van der Waals surface area contributed by atoms with E-state index in [1.165, 1.54) is 10.6 Å².